The fraction of sp³-hybridized carbons (Fsp3) is 0.357. The number of aromatic nitrogens is 2. The Morgan fingerprint density at radius 1 is 1.41 bits per heavy atom. The van der Waals surface area contributed by atoms with Crippen LogP contribution in [0, 0.1) is 6.92 Å². The molecule has 0 aliphatic heterocycles. The van der Waals surface area contributed by atoms with Crippen LogP contribution in [0.2, 0.25) is 0 Å². The second kappa shape index (κ2) is 6.79. The van der Waals surface area contributed by atoms with E-state index >= 15 is 0 Å². The first kappa shape index (κ1) is 15.6. The maximum absolute atomic E-state index is 11.8. The molecule has 0 aliphatic rings. The second-order valence-electron chi connectivity index (χ2n) is 4.75. The van der Waals surface area contributed by atoms with Gasteiger partial charge in [0.25, 0.3) is 5.91 Å². The van der Waals surface area contributed by atoms with E-state index in [0.29, 0.717) is 25.2 Å². The van der Waals surface area contributed by atoms with Gasteiger partial charge >= 0.3 is 6.03 Å². The van der Waals surface area contributed by atoms with Gasteiger partial charge in [-0.25, -0.2) is 4.79 Å². The van der Waals surface area contributed by atoms with E-state index in [1.807, 2.05) is 26.0 Å². The van der Waals surface area contributed by atoms with E-state index in [0.717, 1.165) is 11.5 Å². The van der Waals surface area contributed by atoms with E-state index in [-0.39, 0.29) is 5.69 Å². The zero-order chi connectivity index (χ0) is 16.1. The summed E-state index contributed by atoms with van der Waals surface area (Å²) in [4.78, 5) is 23.1. The topological polar surface area (TPSA) is 115 Å². The van der Waals surface area contributed by atoms with E-state index in [1.165, 1.54) is 4.68 Å². The fourth-order valence-corrected chi connectivity index (χ4v) is 1.94. The van der Waals surface area contributed by atoms with Crippen LogP contribution in [0.4, 0.5) is 10.5 Å². The number of nitrogens with one attached hydrogen (secondary N) is 2. The predicted octanol–water partition coefficient (Wildman–Crippen LogP) is 1.27. The van der Waals surface area contributed by atoms with Crippen LogP contribution in [0.25, 0.3) is 0 Å². The molecule has 0 unspecified atom stereocenters. The van der Waals surface area contributed by atoms with Gasteiger partial charge in [-0.2, -0.15) is 5.10 Å². The zero-order valence-electron chi connectivity index (χ0n) is 12.5. The smallest absolute Gasteiger partial charge is 0.319 e. The summed E-state index contributed by atoms with van der Waals surface area (Å²) in [6.45, 7) is 4.71. The maximum Gasteiger partial charge on any atom is 0.319 e. The lowest BCUT2D eigenvalue weighted by Gasteiger charge is -2.05. The molecule has 0 saturated heterocycles. The Kier molecular flexibility index (Phi) is 4.82. The number of rotatable bonds is 6. The molecule has 118 valence electrons. The molecule has 3 amide bonds. The summed E-state index contributed by atoms with van der Waals surface area (Å²) in [5, 5.41) is 9.25. The lowest BCUT2D eigenvalue weighted by atomic mass is 10.3. The Morgan fingerprint density at radius 3 is 2.77 bits per heavy atom. The Morgan fingerprint density at radius 2 is 2.18 bits per heavy atom. The third kappa shape index (κ3) is 3.87. The summed E-state index contributed by atoms with van der Waals surface area (Å²) in [5.74, 6) is 0.945. The van der Waals surface area contributed by atoms with Crippen molar-refractivity contribution in [2.24, 2.45) is 5.73 Å². The summed E-state index contributed by atoms with van der Waals surface area (Å²) >= 11 is 0. The molecule has 2 rings (SSSR count). The van der Waals surface area contributed by atoms with Gasteiger partial charge < -0.3 is 20.8 Å². The molecule has 22 heavy (non-hydrogen) atoms. The van der Waals surface area contributed by atoms with Gasteiger partial charge in [-0.1, -0.05) is 0 Å². The summed E-state index contributed by atoms with van der Waals surface area (Å²) in [7, 11) is 0. The van der Waals surface area contributed by atoms with Gasteiger partial charge in [0, 0.05) is 25.7 Å². The molecule has 0 fully saturated rings. The number of amides is 3. The third-order valence-corrected chi connectivity index (χ3v) is 3.02. The largest absolute Gasteiger partial charge is 0.466 e. The first-order chi connectivity index (χ1) is 10.5. The van der Waals surface area contributed by atoms with Crippen LogP contribution in [-0.2, 0) is 13.0 Å². The number of aryl methyl sites for hydroxylation is 2. The summed E-state index contributed by atoms with van der Waals surface area (Å²) in [6, 6.07) is 3.31. The number of primary amides is 1. The van der Waals surface area contributed by atoms with Crippen molar-refractivity contribution in [2.75, 3.05) is 11.9 Å². The van der Waals surface area contributed by atoms with Crippen LogP contribution >= 0.6 is 0 Å². The lowest BCUT2D eigenvalue weighted by Crippen LogP contribution is -2.31. The second-order valence-corrected chi connectivity index (χ2v) is 4.75. The molecule has 2 aromatic rings. The van der Waals surface area contributed by atoms with Gasteiger partial charge in [-0.3, -0.25) is 9.48 Å². The number of carbonyl (C=O) groups is 2. The van der Waals surface area contributed by atoms with Crippen molar-refractivity contribution in [3.8, 4) is 0 Å². The summed E-state index contributed by atoms with van der Waals surface area (Å²) in [6.07, 6.45) is 2.15. The minimum atomic E-state index is -0.687. The molecular weight excluding hydrogens is 286 g/mol. The number of hydrogen-bond donors (Lipinski definition) is 3. The highest BCUT2D eigenvalue weighted by atomic mass is 16.3. The molecule has 8 heteroatoms. The van der Waals surface area contributed by atoms with Gasteiger partial charge in [-0.15, -0.1) is 0 Å². The van der Waals surface area contributed by atoms with E-state index in [4.69, 9.17) is 10.2 Å². The zero-order valence-corrected chi connectivity index (χ0v) is 12.5. The Balaban J connectivity index is 1.89. The van der Waals surface area contributed by atoms with Gasteiger partial charge in [0.1, 0.15) is 11.5 Å². The monoisotopic (exact) mass is 305 g/mol. The number of nitrogens with zero attached hydrogens (tertiary/aromatic N) is 2. The molecular formula is C14H19N5O3. The van der Waals surface area contributed by atoms with Crippen molar-refractivity contribution < 1.29 is 14.0 Å². The highest BCUT2D eigenvalue weighted by Gasteiger charge is 2.15. The molecule has 0 atom stereocenters. The number of nitrogens with two attached hydrogens (primary N) is 1. The summed E-state index contributed by atoms with van der Waals surface area (Å²) in [5.41, 5.74) is 5.57. The molecule has 0 aromatic carbocycles. The van der Waals surface area contributed by atoms with Crippen LogP contribution in [0.5, 0.6) is 0 Å². The van der Waals surface area contributed by atoms with Gasteiger partial charge in [0.15, 0.2) is 5.69 Å². The minimum Gasteiger partial charge on any atom is -0.466 e. The molecule has 8 nitrogen and oxygen atoms in total. The normalized spacial score (nSPS) is 10.5. The van der Waals surface area contributed by atoms with Crippen LogP contribution in [0.1, 0.15) is 28.9 Å². The van der Waals surface area contributed by atoms with Crippen molar-refractivity contribution >= 4 is 17.6 Å². The number of carbonyl (C=O) groups excluding carboxylic acids is 2. The van der Waals surface area contributed by atoms with E-state index in [2.05, 4.69) is 15.7 Å². The van der Waals surface area contributed by atoms with Crippen molar-refractivity contribution in [2.45, 2.75) is 26.8 Å². The SMILES string of the molecule is CCn1cc(NC(=O)NCCc2ccc(C)o2)c(C(N)=O)n1. The van der Waals surface area contributed by atoms with Crippen molar-refractivity contribution in [1.29, 1.82) is 0 Å². The first-order valence-electron chi connectivity index (χ1n) is 6.97. The number of anilines is 1. The first-order valence-corrected chi connectivity index (χ1v) is 6.97. The molecule has 0 saturated carbocycles. The van der Waals surface area contributed by atoms with Gasteiger partial charge in [0.05, 0.1) is 5.69 Å². The van der Waals surface area contributed by atoms with E-state index < -0.39 is 11.9 Å². The molecule has 0 bridgehead atoms. The number of urea groups is 1. The molecule has 0 spiro atoms. The number of furan rings is 1. The van der Waals surface area contributed by atoms with E-state index in [9.17, 15) is 9.59 Å². The van der Waals surface area contributed by atoms with Crippen molar-refractivity contribution in [1.82, 2.24) is 15.1 Å². The molecule has 2 aromatic heterocycles. The third-order valence-electron chi connectivity index (χ3n) is 3.02. The maximum atomic E-state index is 11.8. The highest BCUT2D eigenvalue weighted by molar-refractivity contribution is 6.00. The average molecular weight is 305 g/mol. The minimum absolute atomic E-state index is 0.0404. The lowest BCUT2D eigenvalue weighted by molar-refractivity contribution is 0.0995. The fourth-order valence-electron chi connectivity index (χ4n) is 1.94. The van der Waals surface area contributed by atoms with Gasteiger partial charge in [-0.05, 0) is 26.0 Å². The van der Waals surface area contributed by atoms with Crippen LogP contribution in [-0.4, -0.2) is 28.3 Å². The van der Waals surface area contributed by atoms with Gasteiger partial charge in [0.2, 0.25) is 0 Å². The van der Waals surface area contributed by atoms with Crippen LogP contribution in [0.3, 0.4) is 0 Å². The summed E-state index contributed by atoms with van der Waals surface area (Å²) < 4.78 is 6.93. The van der Waals surface area contributed by atoms with Crippen molar-refractivity contribution in [3.63, 3.8) is 0 Å². The molecule has 0 radical (unpaired) electrons. The number of hydrogen-bond acceptors (Lipinski definition) is 4. The Labute approximate surface area is 127 Å². The standard InChI is InChI=1S/C14H19N5O3/c1-3-19-8-11(12(18-19)13(15)20)17-14(21)16-7-6-10-5-4-9(2)22-10/h4-5,8H,3,6-7H2,1-2H3,(H2,15,20)(H2,16,17,21). The van der Waals surface area contributed by atoms with E-state index in [1.54, 1.807) is 6.20 Å². The Hall–Kier alpha value is -2.77. The predicted molar refractivity (Wildman–Crippen MR) is 80.6 cm³/mol. The average Bonchev–Trinajstić information content (AvgIpc) is 3.05. The van der Waals surface area contributed by atoms with Crippen LogP contribution < -0.4 is 16.4 Å². The Bertz CT molecular complexity index is 674. The molecule has 4 N–H and O–H groups in total. The highest BCUT2D eigenvalue weighted by Crippen LogP contribution is 2.13. The van der Waals surface area contributed by atoms with Crippen molar-refractivity contribution in [3.05, 3.63) is 35.5 Å². The van der Waals surface area contributed by atoms with Crippen LogP contribution in [0.15, 0.2) is 22.7 Å². The molecule has 2 heterocycles. The molecule has 0 aliphatic carbocycles. The quantitative estimate of drug-likeness (QED) is 0.745.